The zero-order valence-electron chi connectivity index (χ0n) is 11.1. The summed E-state index contributed by atoms with van der Waals surface area (Å²) in [5.74, 6) is -0.134. The molecule has 0 radical (unpaired) electrons. The van der Waals surface area contributed by atoms with E-state index in [0.717, 1.165) is 0 Å². The van der Waals surface area contributed by atoms with E-state index in [-0.39, 0.29) is 16.7 Å². The number of nitrogens with zero attached hydrogens (tertiary/aromatic N) is 1. The number of rotatable bonds is 3. The van der Waals surface area contributed by atoms with Crippen molar-refractivity contribution in [2.24, 2.45) is 0 Å². The van der Waals surface area contributed by atoms with Crippen molar-refractivity contribution in [2.45, 2.75) is 24.8 Å². The van der Waals surface area contributed by atoms with Crippen LogP contribution in [0.2, 0.25) is 0 Å². The van der Waals surface area contributed by atoms with Crippen molar-refractivity contribution >= 4 is 15.8 Å². The van der Waals surface area contributed by atoms with Crippen LogP contribution in [0.1, 0.15) is 24.2 Å². The Kier molecular flexibility index (Phi) is 4.03. The first-order valence-electron chi connectivity index (χ1n) is 6.26. The summed E-state index contributed by atoms with van der Waals surface area (Å²) in [4.78, 5) is 11.5. The molecule has 0 bridgehead atoms. The van der Waals surface area contributed by atoms with Crippen molar-refractivity contribution in [1.82, 2.24) is 9.62 Å². The molecule has 2 rings (SSSR count). The Hall–Kier alpha value is -1.24. The fraction of sp³-hybridized carbons (Fsp3) is 0.462. The fourth-order valence-corrected chi connectivity index (χ4v) is 3.72. The second kappa shape index (κ2) is 5.40. The molecule has 6 heteroatoms. The summed E-state index contributed by atoms with van der Waals surface area (Å²) in [5.41, 5.74) is 0.421. The smallest absolute Gasteiger partial charge is 0.243 e. The molecule has 0 amide bonds. The number of Topliss-reactive ketones (excluding diaryl/α,β-unsaturated/α-hetero) is 1. The summed E-state index contributed by atoms with van der Waals surface area (Å²) in [6.45, 7) is 4.93. The Morgan fingerprint density at radius 2 is 2.16 bits per heavy atom. The molecule has 0 aromatic heterocycles. The molecular weight excluding hydrogens is 264 g/mol. The van der Waals surface area contributed by atoms with E-state index in [0.29, 0.717) is 25.2 Å². The van der Waals surface area contributed by atoms with Crippen LogP contribution in [0.5, 0.6) is 0 Å². The zero-order chi connectivity index (χ0) is 14.0. The standard InChI is InChI=1S/C13H18N2O3S/c1-10-9-15(7-6-14-10)19(17,18)13-5-3-4-12(8-13)11(2)16/h3-5,8,10,14H,6-7,9H2,1-2H3/t10-/m0/s1. The first-order valence-corrected chi connectivity index (χ1v) is 7.70. The Balaban J connectivity index is 2.33. The lowest BCUT2D eigenvalue weighted by atomic mass is 10.2. The first kappa shape index (κ1) is 14.2. The van der Waals surface area contributed by atoms with Gasteiger partial charge in [0.15, 0.2) is 5.78 Å². The summed E-state index contributed by atoms with van der Waals surface area (Å²) in [7, 11) is -3.51. The van der Waals surface area contributed by atoms with Crippen LogP contribution in [-0.2, 0) is 10.0 Å². The van der Waals surface area contributed by atoms with Crippen LogP contribution < -0.4 is 5.32 Å². The number of ketones is 1. The number of nitrogens with one attached hydrogen (secondary N) is 1. The SMILES string of the molecule is CC(=O)c1cccc(S(=O)(=O)N2CCN[C@@H](C)C2)c1. The van der Waals surface area contributed by atoms with E-state index >= 15 is 0 Å². The molecule has 0 saturated carbocycles. The molecule has 0 spiro atoms. The lowest BCUT2D eigenvalue weighted by molar-refractivity contribution is 0.101. The number of carbonyl (C=O) groups excluding carboxylic acids is 1. The highest BCUT2D eigenvalue weighted by molar-refractivity contribution is 7.89. The summed E-state index contributed by atoms with van der Waals surface area (Å²) >= 11 is 0. The summed E-state index contributed by atoms with van der Waals surface area (Å²) in [6, 6.07) is 6.36. The molecule has 1 saturated heterocycles. The van der Waals surface area contributed by atoms with Gasteiger partial charge in [0.25, 0.3) is 0 Å². The molecule has 1 fully saturated rings. The van der Waals surface area contributed by atoms with Gasteiger partial charge in [0.05, 0.1) is 4.90 Å². The Labute approximate surface area is 113 Å². The van der Waals surface area contributed by atoms with Crippen LogP contribution in [0.15, 0.2) is 29.2 Å². The minimum atomic E-state index is -3.51. The van der Waals surface area contributed by atoms with Crippen LogP contribution in [0.25, 0.3) is 0 Å². The molecule has 0 unspecified atom stereocenters. The molecule has 1 aliphatic rings. The van der Waals surface area contributed by atoms with Gasteiger partial charge in [-0.25, -0.2) is 8.42 Å². The normalized spacial score (nSPS) is 21.3. The van der Waals surface area contributed by atoms with Gasteiger partial charge in [0.2, 0.25) is 10.0 Å². The van der Waals surface area contributed by atoms with Gasteiger partial charge in [-0.2, -0.15) is 4.31 Å². The molecule has 1 atom stereocenters. The van der Waals surface area contributed by atoms with Gasteiger partial charge in [-0.15, -0.1) is 0 Å². The number of benzene rings is 1. The van der Waals surface area contributed by atoms with E-state index in [9.17, 15) is 13.2 Å². The molecular formula is C13H18N2O3S. The maximum Gasteiger partial charge on any atom is 0.243 e. The van der Waals surface area contributed by atoms with Gasteiger partial charge in [0.1, 0.15) is 0 Å². The van der Waals surface area contributed by atoms with Gasteiger partial charge in [-0.3, -0.25) is 4.79 Å². The molecule has 1 aliphatic heterocycles. The number of hydrogen-bond donors (Lipinski definition) is 1. The molecule has 5 nitrogen and oxygen atoms in total. The largest absolute Gasteiger partial charge is 0.312 e. The maximum atomic E-state index is 12.5. The summed E-state index contributed by atoms with van der Waals surface area (Å²) < 4.78 is 26.5. The molecule has 1 N–H and O–H groups in total. The summed E-state index contributed by atoms with van der Waals surface area (Å²) in [5, 5.41) is 3.20. The monoisotopic (exact) mass is 282 g/mol. The van der Waals surface area contributed by atoms with Gasteiger partial charge >= 0.3 is 0 Å². The van der Waals surface area contributed by atoms with E-state index in [2.05, 4.69) is 5.32 Å². The van der Waals surface area contributed by atoms with E-state index in [1.165, 1.54) is 23.4 Å². The number of piperazine rings is 1. The Bertz CT molecular complexity index is 583. The third-order valence-electron chi connectivity index (χ3n) is 3.21. The molecule has 1 aromatic rings. The predicted octanol–water partition coefficient (Wildman–Crippen LogP) is 0.872. The second-order valence-corrected chi connectivity index (χ2v) is 6.74. The third kappa shape index (κ3) is 3.02. The number of hydrogen-bond acceptors (Lipinski definition) is 4. The topological polar surface area (TPSA) is 66.5 Å². The number of sulfonamides is 1. The van der Waals surface area contributed by atoms with Crippen molar-refractivity contribution < 1.29 is 13.2 Å². The van der Waals surface area contributed by atoms with Crippen LogP contribution in [0.4, 0.5) is 0 Å². The fourth-order valence-electron chi connectivity index (χ4n) is 2.14. The van der Waals surface area contributed by atoms with Crippen molar-refractivity contribution in [1.29, 1.82) is 0 Å². The van der Waals surface area contributed by atoms with Gasteiger partial charge in [-0.1, -0.05) is 12.1 Å². The Morgan fingerprint density at radius 3 is 2.79 bits per heavy atom. The lowest BCUT2D eigenvalue weighted by Gasteiger charge is -2.31. The average molecular weight is 282 g/mol. The van der Waals surface area contributed by atoms with E-state index in [4.69, 9.17) is 0 Å². The third-order valence-corrected chi connectivity index (χ3v) is 5.07. The lowest BCUT2D eigenvalue weighted by Crippen LogP contribution is -2.51. The van der Waals surface area contributed by atoms with Crippen LogP contribution >= 0.6 is 0 Å². The molecule has 19 heavy (non-hydrogen) atoms. The Morgan fingerprint density at radius 1 is 1.42 bits per heavy atom. The van der Waals surface area contributed by atoms with Gasteiger partial charge < -0.3 is 5.32 Å². The average Bonchev–Trinajstić information content (AvgIpc) is 2.39. The minimum Gasteiger partial charge on any atom is -0.312 e. The van der Waals surface area contributed by atoms with Crippen LogP contribution in [0.3, 0.4) is 0 Å². The number of carbonyl (C=O) groups is 1. The van der Waals surface area contributed by atoms with Crippen LogP contribution in [-0.4, -0.2) is 44.2 Å². The predicted molar refractivity (Wildman–Crippen MR) is 72.7 cm³/mol. The van der Waals surface area contributed by atoms with E-state index < -0.39 is 10.0 Å². The highest BCUT2D eigenvalue weighted by atomic mass is 32.2. The van der Waals surface area contributed by atoms with Crippen molar-refractivity contribution in [2.75, 3.05) is 19.6 Å². The van der Waals surface area contributed by atoms with Gasteiger partial charge in [0, 0.05) is 31.2 Å². The van der Waals surface area contributed by atoms with Crippen LogP contribution in [0, 0.1) is 0 Å². The first-order chi connectivity index (χ1) is 8.91. The van der Waals surface area contributed by atoms with Crippen molar-refractivity contribution in [3.05, 3.63) is 29.8 Å². The molecule has 0 aliphatic carbocycles. The quantitative estimate of drug-likeness (QED) is 0.836. The highest BCUT2D eigenvalue weighted by Crippen LogP contribution is 2.18. The second-order valence-electron chi connectivity index (χ2n) is 4.80. The molecule has 104 valence electrons. The zero-order valence-corrected chi connectivity index (χ0v) is 11.9. The molecule has 1 aromatic carbocycles. The van der Waals surface area contributed by atoms with Crippen molar-refractivity contribution in [3.8, 4) is 0 Å². The maximum absolute atomic E-state index is 12.5. The van der Waals surface area contributed by atoms with E-state index in [1.54, 1.807) is 12.1 Å². The van der Waals surface area contributed by atoms with Gasteiger partial charge in [-0.05, 0) is 26.0 Å². The van der Waals surface area contributed by atoms with Crippen molar-refractivity contribution in [3.63, 3.8) is 0 Å². The minimum absolute atomic E-state index is 0.134. The summed E-state index contributed by atoms with van der Waals surface area (Å²) in [6.07, 6.45) is 0. The van der Waals surface area contributed by atoms with E-state index in [1.807, 2.05) is 6.92 Å². The molecule has 1 heterocycles. The highest BCUT2D eigenvalue weighted by Gasteiger charge is 2.28.